The molecule has 0 aliphatic carbocycles. The minimum Gasteiger partial charge on any atom is -0.377 e. The van der Waals surface area contributed by atoms with Crippen LogP contribution in [-0.2, 0) is 9.53 Å². The Bertz CT molecular complexity index is 486. The van der Waals surface area contributed by atoms with Crippen molar-refractivity contribution in [1.82, 2.24) is 5.32 Å². The first-order valence-corrected chi connectivity index (χ1v) is 6.24. The van der Waals surface area contributed by atoms with Gasteiger partial charge < -0.3 is 10.5 Å². The highest BCUT2D eigenvalue weighted by Gasteiger charge is 2.36. The van der Waals surface area contributed by atoms with Crippen LogP contribution in [0.15, 0.2) is 28.7 Å². The van der Waals surface area contributed by atoms with Crippen molar-refractivity contribution in [3.63, 3.8) is 0 Å². The van der Waals surface area contributed by atoms with E-state index in [0.717, 1.165) is 4.47 Å². The summed E-state index contributed by atoms with van der Waals surface area (Å²) in [6, 6.07) is 6.82. The zero-order chi connectivity index (χ0) is 13.2. The summed E-state index contributed by atoms with van der Waals surface area (Å²) in [6.45, 7) is 0.705. The molecule has 5 nitrogen and oxygen atoms in total. The molecular formula is C12H13BrN2O3. The number of hydrogen-bond acceptors (Lipinski definition) is 4. The number of hydrogen-bond donors (Lipinski definition) is 2. The monoisotopic (exact) mass is 312 g/mol. The van der Waals surface area contributed by atoms with E-state index in [1.807, 2.05) is 0 Å². The first-order valence-electron chi connectivity index (χ1n) is 5.45. The van der Waals surface area contributed by atoms with Gasteiger partial charge in [-0.3, -0.25) is 14.9 Å². The van der Waals surface area contributed by atoms with E-state index in [1.54, 1.807) is 24.3 Å². The van der Waals surface area contributed by atoms with E-state index < -0.39 is 11.4 Å². The molecule has 6 heteroatoms. The minimum atomic E-state index is -0.623. The van der Waals surface area contributed by atoms with Gasteiger partial charge in [-0.15, -0.1) is 0 Å². The van der Waals surface area contributed by atoms with Crippen LogP contribution in [0.4, 0.5) is 0 Å². The summed E-state index contributed by atoms with van der Waals surface area (Å²) in [5.74, 6) is -0.809. The van der Waals surface area contributed by atoms with Crippen LogP contribution in [0.25, 0.3) is 0 Å². The molecule has 0 unspecified atom stereocenters. The fourth-order valence-electron chi connectivity index (χ4n) is 1.66. The highest BCUT2D eigenvalue weighted by atomic mass is 79.9. The van der Waals surface area contributed by atoms with Gasteiger partial charge in [0, 0.05) is 16.5 Å². The molecule has 2 amide bonds. The van der Waals surface area contributed by atoms with Crippen molar-refractivity contribution in [2.75, 3.05) is 13.2 Å². The van der Waals surface area contributed by atoms with Crippen LogP contribution >= 0.6 is 15.9 Å². The Morgan fingerprint density at radius 3 is 2.72 bits per heavy atom. The Balaban J connectivity index is 1.93. The van der Waals surface area contributed by atoms with Gasteiger partial charge in [-0.25, -0.2) is 0 Å². The third-order valence-corrected chi connectivity index (χ3v) is 3.12. The maximum absolute atomic E-state index is 11.8. The van der Waals surface area contributed by atoms with Gasteiger partial charge in [-0.05, 0) is 18.2 Å². The Hall–Kier alpha value is -1.24. The molecule has 1 aromatic rings. The first-order chi connectivity index (χ1) is 8.48. The van der Waals surface area contributed by atoms with Gasteiger partial charge in [0.05, 0.1) is 18.8 Å². The number of rotatable bonds is 3. The van der Waals surface area contributed by atoms with Crippen molar-refractivity contribution in [1.29, 1.82) is 0 Å². The maximum Gasteiger partial charge on any atom is 0.257 e. The van der Waals surface area contributed by atoms with Crippen LogP contribution in [0.2, 0.25) is 0 Å². The molecule has 1 saturated heterocycles. The lowest BCUT2D eigenvalue weighted by molar-refractivity contribution is -0.127. The van der Waals surface area contributed by atoms with E-state index >= 15 is 0 Å². The standard InChI is InChI=1S/C12H13BrN2O3/c13-9-3-1-2-8(4-9)11(17)15-10(16)5-12(14)6-18-7-12/h1-4H,5-7,14H2,(H,15,16,17). The molecule has 2 rings (SSSR count). The Labute approximate surface area is 113 Å². The van der Waals surface area contributed by atoms with Crippen LogP contribution in [0.1, 0.15) is 16.8 Å². The van der Waals surface area contributed by atoms with Crippen molar-refractivity contribution in [3.05, 3.63) is 34.3 Å². The third-order valence-electron chi connectivity index (χ3n) is 2.63. The van der Waals surface area contributed by atoms with E-state index in [0.29, 0.717) is 18.8 Å². The fourth-order valence-corrected chi connectivity index (χ4v) is 2.06. The van der Waals surface area contributed by atoms with Crippen molar-refractivity contribution in [2.24, 2.45) is 5.73 Å². The molecule has 1 fully saturated rings. The predicted octanol–water partition coefficient (Wildman–Crippen LogP) is 0.823. The Morgan fingerprint density at radius 2 is 2.17 bits per heavy atom. The third kappa shape index (κ3) is 3.16. The number of imide groups is 1. The fraction of sp³-hybridized carbons (Fsp3) is 0.333. The molecule has 0 bridgehead atoms. The molecule has 0 aromatic heterocycles. The predicted molar refractivity (Wildman–Crippen MR) is 69.0 cm³/mol. The molecule has 1 heterocycles. The maximum atomic E-state index is 11.8. The topological polar surface area (TPSA) is 81.4 Å². The van der Waals surface area contributed by atoms with Gasteiger partial charge in [0.15, 0.2) is 0 Å². The number of ether oxygens (including phenoxy) is 1. The van der Waals surface area contributed by atoms with Crippen LogP contribution < -0.4 is 11.1 Å². The lowest BCUT2D eigenvalue weighted by atomic mass is 9.94. The second-order valence-electron chi connectivity index (χ2n) is 4.42. The summed E-state index contributed by atoms with van der Waals surface area (Å²) in [4.78, 5) is 23.4. The normalized spacial score (nSPS) is 16.8. The average Bonchev–Trinajstić information content (AvgIpc) is 2.26. The van der Waals surface area contributed by atoms with Crippen LogP contribution in [0.5, 0.6) is 0 Å². The van der Waals surface area contributed by atoms with Crippen LogP contribution in [0, 0.1) is 0 Å². The number of halogens is 1. The molecule has 0 spiro atoms. The number of nitrogens with two attached hydrogens (primary N) is 1. The summed E-state index contributed by atoms with van der Waals surface area (Å²) >= 11 is 3.26. The number of nitrogens with one attached hydrogen (secondary N) is 1. The van der Waals surface area contributed by atoms with Crippen molar-refractivity contribution in [3.8, 4) is 0 Å². The van der Waals surface area contributed by atoms with E-state index in [2.05, 4.69) is 21.2 Å². The zero-order valence-electron chi connectivity index (χ0n) is 9.61. The quantitative estimate of drug-likeness (QED) is 0.866. The lowest BCUT2D eigenvalue weighted by Crippen LogP contribution is -2.59. The molecule has 1 aromatic carbocycles. The number of benzene rings is 1. The smallest absolute Gasteiger partial charge is 0.257 e. The van der Waals surface area contributed by atoms with Gasteiger partial charge >= 0.3 is 0 Å². The first kappa shape index (κ1) is 13.2. The lowest BCUT2D eigenvalue weighted by Gasteiger charge is -2.36. The molecule has 0 saturated carbocycles. The van der Waals surface area contributed by atoms with Crippen molar-refractivity contribution in [2.45, 2.75) is 12.0 Å². The molecule has 3 N–H and O–H groups in total. The molecule has 0 radical (unpaired) electrons. The van der Waals surface area contributed by atoms with Crippen LogP contribution in [0.3, 0.4) is 0 Å². The van der Waals surface area contributed by atoms with Gasteiger partial charge in [-0.1, -0.05) is 22.0 Å². The van der Waals surface area contributed by atoms with Gasteiger partial charge in [0.2, 0.25) is 5.91 Å². The van der Waals surface area contributed by atoms with Gasteiger partial charge in [0.25, 0.3) is 5.91 Å². The summed E-state index contributed by atoms with van der Waals surface area (Å²) in [5, 5.41) is 2.31. The summed E-state index contributed by atoms with van der Waals surface area (Å²) in [5.41, 5.74) is 5.64. The summed E-state index contributed by atoms with van der Waals surface area (Å²) < 4.78 is 5.73. The number of amides is 2. The summed E-state index contributed by atoms with van der Waals surface area (Å²) in [6.07, 6.45) is 0.0900. The zero-order valence-corrected chi connectivity index (χ0v) is 11.2. The Morgan fingerprint density at radius 1 is 1.44 bits per heavy atom. The Kier molecular flexibility index (Phi) is 3.79. The second-order valence-corrected chi connectivity index (χ2v) is 5.34. The van der Waals surface area contributed by atoms with E-state index in [1.165, 1.54) is 0 Å². The molecular weight excluding hydrogens is 300 g/mol. The molecule has 18 heavy (non-hydrogen) atoms. The summed E-state index contributed by atoms with van der Waals surface area (Å²) in [7, 11) is 0. The number of carbonyl (C=O) groups excluding carboxylic acids is 2. The van der Waals surface area contributed by atoms with Crippen molar-refractivity contribution >= 4 is 27.7 Å². The minimum absolute atomic E-state index is 0.0900. The van der Waals surface area contributed by atoms with Crippen LogP contribution in [-0.4, -0.2) is 30.6 Å². The molecule has 1 aliphatic rings. The van der Waals surface area contributed by atoms with Gasteiger partial charge in [0.1, 0.15) is 0 Å². The van der Waals surface area contributed by atoms with E-state index in [-0.39, 0.29) is 12.3 Å². The molecule has 96 valence electrons. The average molecular weight is 313 g/mol. The molecule has 0 atom stereocenters. The highest BCUT2D eigenvalue weighted by Crippen LogP contribution is 2.17. The van der Waals surface area contributed by atoms with E-state index in [9.17, 15) is 9.59 Å². The highest BCUT2D eigenvalue weighted by molar-refractivity contribution is 9.10. The van der Waals surface area contributed by atoms with Gasteiger partial charge in [-0.2, -0.15) is 0 Å². The number of carbonyl (C=O) groups is 2. The molecule has 1 aliphatic heterocycles. The van der Waals surface area contributed by atoms with E-state index in [4.69, 9.17) is 10.5 Å². The second kappa shape index (κ2) is 5.17. The SMILES string of the molecule is NC1(CC(=O)NC(=O)c2cccc(Br)c2)COC1. The van der Waals surface area contributed by atoms with Crippen molar-refractivity contribution < 1.29 is 14.3 Å². The largest absolute Gasteiger partial charge is 0.377 e.